The van der Waals surface area contributed by atoms with Crippen LogP contribution in [0, 0.1) is 13.8 Å². The van der Waals surface area contributed by atoms with Gasteiger partial charge in [0, 0.05) is 54.8 Å². The predicted molar refractivity (Wildman–Crippen MR) is 107 cm³/mol. The molecule has 5 rings (SSSR count). The summed E-state index contributed by atoms with van der Waals surface area (Å²) in [7, 11) is 0. The molecule has 0 aromatic carbocycles. The van der Waals surface area contributed by atoms with E-state index in [1.165, 1.54) is 17.5 Å². The Bertz CT molecular complexity index is 1170. The van der Waals surface area contributed by atoms with Crippen LogP contribution in [0.1, 0.15) is 22.5 Å². The number of aromatic nitrogens is 6. The van der Waals surface area contributed by atoms with Crippen LogP contribution in [0.4, 0.5) is 5.69 Å². The summed E-state index contributed by atoms with van der Waals surface area (Å²) in [5, 5.41) is 4.25. The van der Waals surface area contributed by atoms with Gasteiger partial charge in [-0.25, -0.2) is 9.97 Å². The summed E-state index contributed by atoms with van der Waals surface area (Å²) in [4.78, 5) is 24.0. The molecule has 0 spiro atoms. The average Bonchev–Trinajstić information content (AvgIpc) is 3.23. The van der Waals surface area contributed by atoms with Crippen LogP contribution in [-0.2, 0) is 13.0 Å². The summed E-state index contributed by atoms with van der Waals surface area (Å²) in [6.07, 6.45) is 9.68. The first-order chi connectivity index (χ1) is 14.2. The molecule has 8 nitrogen and oxygen atoms in total. The van der Waals surface area contributed by atoms with Crippen LogP contribution < -0.4 is 4.90 Å². The molecule has 4 aromatic rings. The summed E-state index contributed by atoms with van der Waals surface area (Å²) in [6, 6.07) is 4.06. The van der Waals surface area contributed by atoms with E-state index < -0.39 is 0 Å². The van der Waals surface area contributed by atoms with Crippen molar-refractivity contribution < 1.29 is 4.52 Å². The van der Waals surface area contributed by atoms with E-state index in [0.717, 1.165) is 47.7 Å². The first-order valence-corrected chi connectivity index (χ1v) is 9.44. The molecule has 8 heteroatoms. The number of nitrogens with zero attached hydrogens (tertiary/aromatic N) is 7. The maximum atomic E-state index is 5.54. The van der Waals surface area contributed by atoms with E-state index in [4.69, 9.17) is 4.52 Å². The predicted octanol–water partition coefficient (Wildman–Crippen LogP) is 3.16. The molecule has 0 amide bonds. The number of pyridine rings is 2. The summed E-state index contributed by atoms with van der Waals surface area (Å²) in [5.41, 5.74) is 6.97. The Morgan fingerprint density at radius 3 is 2.69 bits per heavy atom. The zero-order valence-corrected chi connectivity index (χ0v) is 16.2. The standard InChI is InChI=1S/C21H19N7O/c1-13-18(10-23-12-25-13)21-26-20(27-29-21)19-14(2)24-9-15-11-28(8-5-17(15)19)16-3-6-22-7-4-16/h3-4,6-7,9-10,12H,5,8,11H2,1-2H3. The molecule has 0 saturated carbocycles. The third kappa shape index (κ3) is 3.12. The van der Waals surface area contributed by atoms with Gasteiger partial charge in [0.25, 0.3) is 5.89 Å². The monoisotopic (exact) mass is 385 g/mol. The van der Waals surface area contributed by atoms with Crippen LogP contribution in [-0.4, -0.2) is 36.6 Å². The fourth-order valence-electron chi connectivity index (χ4n) is 3.76. The van der Waals surface area contributed by atoms with Gasteiger partial charge < -0.3 is 9.42 Å². The van der Waals surface area contributed by atoms with E-state index in [9.17, 15) is 0 Å². The number of fused-ring (bicyclic) bond motifs is 1. The van der Waals surface area contributed by atoms with E-state index in [0.29, 0.717) is 11.7 Å². The van der Waals surface area contributed by atoms with E-state index in [2.05, 4.69) is 35.0 Å². The molecule has 0 saturated heterocycles. The fraction of sp³-hybridized carbons (Fsp3) is 0.238. The second-order valence-electron chi connectivity index (χ2n) is 7.04. The fourth-order valence-corrected chi connectivity index (χ4v) is 3.76. The van der Waals surface area contributed by atoms with Crippen molar-refractivity contribution in [2.45, 2.75) is 26.8 Å². The molecular formula is C21H19N7O. The first kappa shape index (κ1) is 17.4. The normalized spacial score (nSPS) is 13.4. The highest BCUT2D eigenvalue weighted by atomic mass is 16.5. The van der Waals surface area contributed by atoms with Gasteiger partial charge in [-0.05, 0) is 43.5 Å². The minimum Gasteiger partial charge on any atom is -0.367 e. The van der Waals surface area contributed by atoms with Crippen molar-refractivity contribution in [1.82, 2.24) is 30.1 Å². The van der Waals surface area contributed by atoms with E-state index in [1.807, 2.05) is 44.6 Å². The molecule has 0 unspecified atom stereocenters. The molecule has 1 aliphatic rings. The van der Waals surface area contributed by atoms with Crippen LogP contribution >= 0.6 is 0 Å². The number of rotatable bonds is 3. The van der Waals surface area contributed by atoms with E-state index in [1.54, 1.807) is 6.20 Å². The van der Waals surface area contributed by atoms with Gasteiger partial charge in [-0.2, -0.15) is 4.98 Å². The second kappa shape index (κ2) is 7.05. The van der Waals surface area contributed by atoms with Gasteiger partial charge in [0.1, 0.15) is 6.33 Å². The van der Waals surface area contributed by atoms with Gasteiger partial charge in [0.2, 0.25) is 5.82 Å². The largest absolute Gasteiger partial charge is 0.367 e. The van der Waals surface area contributed by atoms with Crippen LogP contribution in [0.3, 0.4) is 0 Å². The Morgan fingerprint density at radius 1 is 1.00 bits per heavy atom. The summed E-state index contributed by atoms with van der Waals surface area (Å²) in [6.45, 7) is 5.57. The van der Waals surface area contributed by atoms with Crippen molar-refractivity contribution in [3.05, 3.63) is 65.8 Å². The van der Waals surface area contributed by atoms with Gasteiger partial charge >= 0.3 is 0 Å². The molecule has 29 heavy (non-hydrogen) atoms. The third-order valence-corrected chi connectivity index (χ3v) is 5.28. The second-order valence-corrected chi connectivity index (χ2v) is 7.04. The molecule has 144 valence electrons. The van der Waals surface area contributed by atoms with Crippen LogP contribution in [0.5, 0.6) is 0 Å². The lowest BCUT2D eigenvalue weighted by atomic mass is 9.94. The maximum absolute atomic E-state index is 5.54. The molecular weight excluding hydrogens is 366 g/mol. The molecule has 0 atom stereocenters. The van der Waals surface area contributed by atoms with Crippen LogP contribution in [0.15, 0.2) is 47.8 Å². The summed E-state index contributed by atoms with van der Waals surface area (Å²) < 4.78 is 5.54. The van der Waals surface area contributed by atoms with Crippen LogP contribution in [0.2, 0.25) is 0 Å². The quantitative estimate of drug-likeness (QED) is 0.531. The Hall–Kier alpha value is -3.68. The minimum absolute atomic E-state index is 0.421. The molecule has 1 aliphatic heterocycles. The highest BCUT2D eigenvalue weighted by Crippen LogP contribution is 2.33. The highest BCUT2D eigenvalue weighted by Gasteiger charge is 2.25. The van der Waals surface area contributed by atoms with Gasteiger partial charge in [-0.3, -0.25) is 9.97 Å². The first-order valence-electron chi connectivity index (χ1n) is 9.44. The molecule has 0 fully saturated rings. The molecule has 5 heterocycles. The summed E-state index contributed by atoms with van der Waals surface area (Å²) in [5.74, 6) is 0.979. The molecule has 0 bridgehead atoms. The third-order valence-electron chi connectivity index (χ3n) is 5.28. The van der Waals surface area contributed by atoms with Gasteiger partial charge in [0.05, 0.1) is 11.3 Å². The van der Waals surface area contributed by atoms with Crippen LogP contribution in [0.25, 0.3) is 22.8 Å². The van der Waals surface area contributed by atoms with Crippen molar-refractivity contribution in [3.63, 3.8) is 0 Å². The van der Waals surface area contributed by atoms with Gasteiger partial charge in [-0.15, -0.1) is 0 Å². The minimum atomic E-state index is 0.421. The topological polar surface area (TPSA) is 93.7 Å². The molecule has 0 N–H and O–H groups in total. The lowest BCUT2D eigenvalue weighted by molar-refractivity contribution is 0.431. The molecule has 4 aromatic heterocycles. The van der Waals surface area contributed by atoms with Crippen molar-refractivity contribution in [3.8, 4) is 22.8 Å². The smallest absolute Gasteiger partial charge is 0.261 e. The SMILES string of the molecule is Cc1ncncc1-c1nc(-c2c(C)ncc3c2CCN(c2ccncc2)C3)no1. The van der Waals surface area contributed by atoms with Gasteiger partial charge in [-0.1, -0.05) is 5.16 Å². The highest BCUT2D eigenvalue weighted by molar-refractivity contribution is 5.68. The number of aryl methyl sites for hydroxylation is 2. The lowest BCUT2D eigenvalue weighted by Gasteiger charge is -2.31. The van der Waals surface area contributed by atoms with Crippen molar-refractivity contribution >= 4 is 5.69 Å². The maximum Gasteiger partial charge on any atom is 0.261 e. The number of hydrogen-bond acceptors (Lipinski definition) is 8. The van der Waals surface area contributed by atoms with Crippen molar-refractivity contribution in [1.29, 1.82) is 0 Å². The molecule has 0 aliphatic carbocycles. The zero-order chi connectivity index (χ0) is 19.8. The van der Waals surface area contributed by atoms with E-state index in [-0.39, 0.29) is 0 Å². The number of hydrogen-bond donors (Lipinski definition) is 0. The Labute approximate surface area is 167 Å². The summed E-state index contributed by atoms with van der Waals surface area (Å²) >= 11 is 0. The number of anilines is 1. The van der Waals surface area contributed by atoms with Crippen molar-refractivity contribution in [2.24, 2.45) is 0 Å². The zero-order valence-electron chi connectivity index (χ0n) is 16.2. The lowest BCUT2D eigenvalue weighted by Crippen LogP contribution is -2.31. The van der Waals surface area contributed by atoms with E-state index >= 15 is 0 Å². The Morgan fingerprint density at radius 2 is 1.86 bits per heavy atom. The Kier molecular flexibility index (Phi) is 4.23. The molecule has 0 radical (unpaired) electrons. The Balaban J connectivity index is 1.52. The average molecular weight is 385 g/mol. The van der Waals surface area contributed by atoms with Gasteiger partial charge in [0.15, 0.2) is 0 Å². The van der Waals surface area contributed by atoms with Crippen molar-refractivity contribution in [2.75, 3.05) is 11.4 Å².